The van der Waals surface area contributed by atoms with Crippen LogP contribution in [0, 0.1) is 0 Å². The average Bonchev–Trinajstić information content (AvgIpc) is 2.28. The van der Waals surface area contributed by atoms with Gasteiger partial charge in [0.15, 0.2) is 5.78 Å². The maximum Gasteiger partial charge on any atom is 0.221 e. The van der Waals surface area contributed by atoms with Gasteiger partial charge in [-0.2, -0.15) is 0 Å². The summed E-state index contributed by atoms with van der Waals surface area (Å²) in [4.78, 5) is 22.8. The molecule has 0 unspecified atom stereocenters. The zero-order chi connectivity index (χ0) is 12.7. The summed E-state index contributed by atoms with van der Waals surface area (Å²) in [5.41, 5.74) is 1.35. The second-order valence-electron chi connectivity index (χ2n) is 4.14. The monoisotopic (exact) mass is 233 g/mol. The van der Waals surface area contributed by atoms with Crippen LogP contribution < -0.4 is 5.32 Å². The van der Waals surface area contributed by atoms with Gasteiger partial charge in [-0.15, -0.1) is 0 Å². The third-order valence-corrected chi connectivity index (χ3v) is 2.51. The Bertz CT molecular complexity index is 399. The minimum atomic E-state index is -0.124. The van der Waals surface area contributed by atoms with Crippen LogP contribution in [-0.2, 0) is 4.79 Å². The Morgan fingerprint density at radius 2 is 2.00 bits per heavy atom. The van der Waals surface area contributed by atoms with Crippen molar-refractivity contribution in [2.45, 2.75) is 39.5 Å². The fourth-order valence-electron chi connectivity index (χ4n) is 1.65. The molecule has 3 heteroatoms. The largest absolute Gasteiger partial charge is 0.326 e. The molecule has 0 bridgehead atoms. The molecular formula is C14H19NO2. The molecule has 92 valence electrons. The van der Waals surface area contributed by atoms with Crippen molar-refractivity contribution in [2.24, 2.45) is 0 Å². The Balaban J connectivity index is 2.63. The third-order valence-electron chi connectivity index (χ3n) is 2.51. The molecule has 3 nitrogen and oxygen atoms in total. The van der Waals surface area contributed by atoms with Gasteiger partial charge in [0, 0.05) is 24.6 Å². The minimum Gasteiger partial charge on any atom is -0.326 e. The number of rotatable bonds is 6. The van der Waals surface area contributed by atoms with Gasteiger partial charge in [0.25, 0.3) is 0 Å². The predicted molar refractivity (Wildman–Crippen MR) is 69.2 cm³/mol. The van der Waals surface area contributed by atoms with E-state index in [1.807, 2.05) is 0 Å². The molecule has 1 rings (SSSR count). The van der Waals surface area contributed by atoms with Gasteiger partial charge in [-0.1, -0.05) is 31.9 Å². The van der Waals surface area contributed by atoms with Gasteiger partial charge in [-0.3, -0.25) is 9.59 Å². The van der Waals surface area contributed by atoms with Crippen LogP contribution >= 0.6 is 0 Å². The molecule has 1 aromatic carbocycles. The molecule has 1 N–H and O–H groups in total. The van der Waals surface area contributed by atoms with E-state index in [2.05, 4.69) is 12.2 Å². The number of hydrogen-bond donors (Lipinski definition) is 1. The average molecular weight is 233 g/mol. The molecule has 0 aliphatic rings. The predicted octanol–water partition coefficient (Wildman–Crippen LogP) is 3.41. The Kier molecular flexibility index (Phi) is 5.40. The summed E-state index contributed by atoms with van der Waals surface area (Å²) >= 11 is 0. The first-order valence-electron chi connectivity index (χ1n) is 6.04. The van der Waals surface area contributed by atoms with Crippen molar-refractivity contribution in [3.63, 3.8) is 0 Å². The van der Waals surface area contributed by atoms with E-state index in [4.69, 9.17) is 0 Å². The molecule has 0 aliphatic carbocycles. The summed E-state index contributed by atoms with van der Waals surface area (Å²) in [6, 6.07) is 7.10. The number of Topliss-reactive ketones (excluding diaryl/α,β-unsaturated/α-hetero) is 1. The van der Waals surface area contributed by atoms with Gasteiger partial charge in [0.05, 0.1) is 0 Å². The van der Waals surface area contributed by atoms with Crippen LogP contribution in [0.3, 0.4) is 0 Å². The van der Waals surface area contributed by atoms with E-state index >= 15 is 0 Å². The third kappa shape index (κ3) is 4.81. The lowest BCUT2D eigenvalue weighted by Gasteiger charge is -2.05. The highest BCUT2D eigenvalue weighted by atomic mass is 16.1. The topological polar surface area (TPSA) is 46.2 Å². The number of anilines is 1. The van der Waals surface area contributed by atoms with Crippen LogP contribution in [0.15, 0.2) is 24.3 Å². The molecule has 0 saturated heterocycles. The zero-order valence-corrected chi connectivity index (χ0v) is 10.5. The number of hydrogen-bond acceptors (Lipinski definition) is 2. The number of carbonyl (C=O) groups excluding carboxylic acids is 2. The first-order valence-corrected chi connectivity index (χ1v) is 6.04. The molecule has 17 heavy (non-hydrogen) atoms. The van der Waals surface area contributed by atoms with Gasteiger partial charge >= 0.3 is 0 Å². The number of nitrogens with one attached hydrogen (secondary N) is 1. The van der Waals surface area contributed by atoms with Crippen LogP contribution in [0.2, 0.25) is 0 Å². The van der Waals surface area contributed by atoms with Crippen LogP contribution in [0.25, 0.3) is 0 Å². The fourth-order valence-corrected chi connectivity index (χ4v) is 1.65. The zero-order valence-electron chi connectivity index (χ0n) is 10.5. The van der Waals surface area contributed by atoms with Crippen molar-refractivity contribution in [1.82, 2.24) is 0 Å². The van der Waals surface area contributed by atoms with Gasteiger partial charge < -0.3 is 5.32 Å². The Morgan fingerprint density at radius 1 is 1.24 bits per heavy atom. The molecule has 0 heterocycles. The summed E-state index contributed by atoms with van der Waals surface area (Å²) in [6.07, 6.45) is 3.70. The second-order valence-corrected chi connectivity index (χ2v) is 4.14. The normalized spacial score (nSPS) is 10.0. The second kappa shape index (κ2) is 6.84. The van der Waals surface area contributed by atoms with Crippen molar-refractivity contribution in [1.29, 1.82) is 0 Å². The number of ketones is 1. The maximum absolute atomic E-state index is 11.8. The van der Waals surface area contributed by atoms with Crippen LogP contribution in [-0.4, -0.2) is 11.7 Å². The van der Waals surface area contributed by atoms with Crippen molar-refractivity contribution in [3.8, 4) is 0 Å². The molecule has 0 aromatic heterocycles. The lowest BCUT2D eigenvalue weighted by atomic mass is 10.0. The highest BCUT2D eigenvalue weighted by Crippen LogP contribution is 2.14. The van der Waals surface area contributed by atoms with Crippen molar-refractivity contribution < 1.29 is 9.59 Å². The number of benzene rings is 1. The van der Waals surface area contributed by atoms with E-state index < -0.39 is 0 Å². The SMILES string of the molecule is CCCCCC(=O)c1cccc(NC(C)=O)c1. The van der Waals surface area contributed by atoms with E-state index in [1.54, 1.807) is 24.3 Å². The molecule has 1 aromatic rings. The van der Waals surface area contributed by atoms with E-state index in [0.717, 1.165) is 19.3 Å². The Morgan fingerprint density at radius 3 is 2.65 bits per heavy atom. The van der Waals surface area contributed by atoms with E-state index in [-0.39, 0.29) is 11.7 Å². The molecule has 0 spiro atoms. The van der Waals surface area contributed by atoms with Crippen molar-refractivity contribution >= 4 is 17.4 Å². The smallest absolute Gasteiger partial charge is 0.221 e. The summed E-state index contributed by atoms with van der Waals surface area (Å²) in [7, 11) is 0. The van der Waals surface area contributed by atoms with E-state index in [9.17, 15) is 9.59 Å². The van der Waals surface area contributed by atoms with Gasteiger partial charge in [-0.25, -0.2) is 0 Å². The first kappa shape index (κ1) is 13.4. The van der Waals surface area contributed by atoms with Gasteiger partial charge in [0.2, 0.25) is 5.91 Å². The van der Waals surface area contributed by atoms with Gasteiger partial charge in [-0.05, 0) is 18.6 Å². The molecule has 0 aliphatic heterocycles. The lowest BCUT2D eigenvalue weighted by Crippen LogP contribution is -2.07. The van der Waals surface area contributed by atoms with Crippen molar-refractivity contribution in [3.05, 3.63) is 29.8 Å². The highest BCUT2D eigenvalue weighted by Gasteiger charge is 2.06. The van der Waals surface area contributed by atoms with Crippen LogP contribution in [0.4, 0.5) is 5.69 Å². The minimum absolute atomic E-state index is 0.124. The summed E-state index contributed by atoms with van der Waals surface area (Å²) in [6.45, 7) is 3.57. The summed E-state index contributed by atoms with van der Waals surface area (Å²) < 4.78 is 0. The molecule has 0 fully saturated rings. The highest BCUT2D eigenvalue weighted by molar-refractivity contribution is 5.98. The first-order chi connectivity index (χ1) is 8.13. The van der Waals surface area contributed by atoms with E-state index in [1.165, 1.54) is 6.92 Å². The lowest BCUT2D eigenvalue weighted by molar-refractivity contribution is -0.114. The molecule has 0 saturated carbocycles. The number of carbonyl (C=O) groups is 2. The number of unbranched alkanes of at least 4 members (excludes halogenated alkanes) is 2. The maximum atomic E-state index is 11.8. The molecular weight excluding hydrogens is 214 g/mol. The molecule has 0 atom stereocenters. The van der Waals surface area contributed by atoms with Crippen LogP contribution in [0.1, 0.15) is 49.9 Å². The molecule has 1 amide bonds. The summed E-state index contributed by atoms with van der Waals surface area (Å²) in [5.74, 6) is 0.0197. The Hall–Kier alpha value is -1.64. The summed E-state index contributed by atoms with van der Waals surface area (Å²) in [5, 5.41) is 2.68. The number of amides is 1. The van der Waals surface area contributed by atoms with Crippen LogP contribution in [0.5, 0.6) is 0 Å². The van der Waals surface area contributed by atoms with Crippen molar-refractivity contribution in [2.75, 3.05) is 5.32 Å². The fraction of sp³-hybridized carbons (Fsp3) is 0.429. The Labute approximate surface area is 102 Å². The van der Waals surface area contributed by atoms with E-state index in [0.29, 0.717) is 17.7 Å². The standard InChI is InChI=1S/C14H19NO2/c1-3-4-5-9-14(17)12-7-6-8-13(10-12)15-11(2)16/h6-8,10H,3-5,9H2,1-2H3,(H,15,16). The quantitative estimate of drug-likeness (QED) is 0.604. The van der Waals surface area contributed by atoms with Gasteiger partial charge in [0.1, 0.15) is 0 Å². The molecule has 0 radical (unpaired) electrons.